The van der Waals surface area contributed by atoms with Gasteiger partial charge >= 0.3 is 0 Å². The van der Waals surface area contributed by atoms with Crippen molar-refractivity contribution in [1.29, 1.82) is 0 Å². The van der Waals surface area contributed by atoms with Crippen LogP contribution in [-0.4, -0.2) is 10.2 Å². The van der Waals surface area contributed by atoms with E-state index in [4.69, 9.17) is 5.73 Å². The predicted molar refractivity (Wildman–Crippen MR) is 56.7 cm³/mol. The van der Waals surface area contributed by atoms with Gasteiger partial charge in [0.25, 0.3) is 0 Å². The van der Waals surface area contributed by atoms with Crippen molar-refractivity contribution >= 4 is 21.8 Å². The molecule has 0 bridgehead atoms. The molecule has 0 spiro atoms. The summed E-state index contributed by atoms with van der Waals surface area (Å²) in [4.78, 5) is 11.0. The fraction of sp³-hybridized carbons (Fsp3) is 0.300. The molecule has 1 unspecified atom stereocenters. The third-order valence-electron chi connectivity index (χ3n) is 1.89. The second kappa shape index (κ2) is 3.92. The lowest BCUT2D eigenvalue weighted by Gasteiger charge is -2.17. The lowest BCUT2D eigenvalue weighted by atomic mass is 10.0. The third-order valence-corrected chi connectivity index (χ3v) is 2.56. The van der Waals surface area contributed by atoms with Crippen LogP contribution in [0.4, 0.5) is 0 Å². The number of amides is 1. The quantitative estimate of drug-likeness (QED) is 0.808. The van der Waals surface area contributed by atoms with Crippen molar-refractivity contribution in [3.05, 3.63) is 35.9 Å². The normalized spacial score (nSPS) is 14.9. The highest BCUT2D eigenvalue weighted by atomic mass is 79.9. The van der Waals surface area contributed by atoms with Gasteiger partial charge in [0.2, 0.25) is 5.91 Å². The fourth-order valence-electron chi connectivity index (χ4n) is 1.07. The van der Waals surface area contributed by atoms with E-state index in [9.17, 15) is 4.79 Å². The van der Waals surface area contributed by atoms with Gasteiger partial charge in [0.05, 0.1) is 0 Å². The zero-order valence-corrected chi connectivity index (χ0v) is 9.04. The molecule has 0 radical (unpaired) electrons. The molecule has 1 aromatic rings. The molecule has 0 aliphatic heterocycles. The first-order chi connectivity index (χ1) is 6.02. The molecule has 1 atom stereocenters. The van der Waals surface area contributed by atoms with Crippen molar-refractivity contribution in [3.8, 4) is 0 Å². The van der Waals surface area contributed by atoms with Gasteiger partial charge in [0, 0.05) is 0 Å². The Bertz CT molecular complexity index is 295. The van der Waals surface area contributed by atoms with Crippen molar-refractivity contribution < 1.29 is 4.79 Å². The average molecular weight is 242 g/mol. The molecule has 3 heteroatoms. The van der Waals surface area contributed by atoms with E-state index in [-0.39, 0.29) is 5.91 Å². The van der Waals surface area contributed by atoms with Crippen LogP contribution in [0.3, 0.4) is 0 Å². The maximum absolute atomic E-state index is 11.0. The molecule has 70 valence electrons. The minimum atomic E-state index is -0.644. The Balaban J connectivity index is 2.75. The van der Waals surface area contributed by atoms with Crippen LogP contribution in [0.2, 0.25) is 0 Å². The Morgan fingerprint density at radius 1 is 1.46 bits per heavy atom. The first-order valence-electron chi connectivity index (χ1n) is 4.05. The van der Waals surface area contributed by atoms with Crippen LogP contribution in [0.25, 0.3) is 0 Å². The monoisotopic (exact) mass is 241 g/mol. The summed E-state index contributed by atoms with van der Waals surface area (Å²) in [5, 5.41) is 0. The summed E-state index contributed by atoms with van der Waals surface area (Å²) >= 11 is 3.31. The zero-order valence-electron chi connectivity index (χ0n) is 7.46. The first kappa shape index (κ1) is 10.3. The Kier molecular flexibility index (Phi) is 3.09. The number of benzene rings is 1. The van der Waals surface area contributed by atoms with Gasteiger partial charge in [0.15, 0.2) is 0 Å². The van der Waals surface area contributed by atoms with Gasteiger partial charge in [-0.15, -0.1) is 0 Å². The number of hydrogen-bond acceptors (Lipinski definition) is 1. The third kappa shape index (κ3) is 2.84. The van der Waals surface area contributed by atoms with Gasteiger partial charge in [-0.1, -0.05) is 46.3 Å². The largest absolute Gasteiger partial charge is 0.368 e. The van der Waals surface area contributed by atoms with Gasteiger partial charge in [-0.05, 0) is 18.9 Å². The molecule has 0 aliphatic rings. The summed E-state index contributed by atoms with van der Waals surface area (Å²) in [5.74, 6) is -0.337. The fourth-order valence-corrected chi connectivity index (χ4v) is 1.39. The van der Waals surface area contributed by atoms with E-state index < -0.39 is 4.32 Å². The Morgan fingerprint density at radius 3 is 2.46 bits per heavy atom. The van der Waals surface area contributed by atoms with E-state index in [2.05, 4.69) is 15.9 Å². The van der Waals surface area contributed by atoms with Crippen LogP contribution < -0.4 is 5.73 Å². The predicted octanol–water partition coefficient (Wildman–Crippen LogP) is 1.87. The Hall–Kier alpha value is -0.830. The Labute approximate surface area is 86.3 Å². The summed E-state index contributed by atoms with van der Waals surface area (Å²) in [6.45, 7) is 1.78. The summed E-state index contributed by atoms with van der Waals surface area (Å²) < 4.78 is -0.644. The Morgan fingerprint density at radius 2 is 2.00 bits per heavy atom. The molecule has 0 aromatic heterocycles. The number of rotatable bonds is 3. The molecular formula is C10H12BrNO. The zero-order chi connectivity index (χ0) is 9.90. The molecule has 13 heavy (non-hydrogen) atoms. The highest BCUT2D eigenvalue weighted by molar-refractivity contribution is 9.10. The van der Waals surface area contributed by atoms with Crippen LogP contribution in [0.1, 0.15) is 12.5 Å². The van der Waals surface area contributed by atoms with Crippen molar-refractivity contribution in [3.63, 3.8) is 0 Å². The van der Waals surface area contributed by atoms with Crippen LogP contribution in [-0.2, 0) is 11.2 Å². The standard InChI is InChI=1S/C10H12BrNO/c1-10(11,9(12)13)7-8-5-3-2-4-6-8/h2-6H,7H2,1H3,(H2,12,13). The number of alkyl halides is 1. The molecule has 0 saturated carbocycles. The minimum absolute atomic E-state index is 0.337. The van der Waals surface area contributed by atoms with E-state index in [1.54, 1.807) is 6.92 Å². The minimum Gasteiger partial charge on any atom is -0.368 e. The second-order valence-corrected chi connectivity index (χ2v) is 4.97. The molecule has 0 aliphatic carbocycles. The van der Waals surface area contributed by atoms with Crippen molar-refractivity contribution in [2.75, 3.05) is 0 Å². The van der Waals surface area contributed by atoms with Crippen molar-refractivity contribution in [2.24, 2.45) is 5.73 Å². The molecule has 1 amide bonds. The number of hydrogen-bond donors (Lipinski definition) is 1. The SMILES string of the molecule is CC(Br)(Cc1ccccc1)C(N)=O. The van der Waals surface area contributed by atoms with Crippen molar-refractivity contribution in [1.82, 2.24) is 0 Å². The molecule has 1 aromatic carbocycles. The molecule has 1 rings (SSSR count). The maximum Gasteiger partial charge on any atom is 0.234 e. The van der Waals surface area contributed by atoms with E-state index in [0.717, 1.165) is 5.56 Å². The summed E-state index contributed by atoms with van der Waals surface area (Å²) in [5.41, 5.74) is 6.33. The summed E-state index contributed by atoms with van der Waals surface area (Å²) in [6, 6.07) is 9.78. The van der Waals surface area contributed by atoms with E-state index in [1.807, 2.05) is 30.3 Å². The van der Waals surface area contributed by atoms with Gasteiger partial charge in [-0.3, -0.25) is 4.79 Å². The molecule has 2 nitrogen and oxygen atoms in total. The number of halogens is 1. The van der Waals surface area contributed by atoms with Gasteiger partial charge < -0.3 is 5.73 Å². The average Bonchev–Trinajstić information content (AvgIpc) is 2.05. The van der Waals surface area contributed by atoms with Gasteiger partial charge in [0.1, 0.15) is 4.32 Å². The highest BCUT2D eigenvalue weighted by Gasteiger charge is 2.27. The van der Waals surface area contributed by atoms with Crippen LogP contribution in [0.15, 0.2) is 30.3 Å². The summed E-state index contributed by atoms with van der Waals surface area (Å²) in [7, 11) is 0. The smallest absolute Gasteiger partial charge is 0.234 e. The van der Waals surface area contributed by atoms with E-state index in [1.165, 1.54) is 0 Å². The van der Waals surface area contributed by atoms with E-state index >= 15 is 0 Å². The molecule has 0 saturated heterocycles. The second-order valence-electron chi connectivity index (χ2n) is 3.22. The lowest BCUT2D eigenvalue weighted by molar-refractivity contribution is -0.119. The summed E-state index contributed by atoms with van der Waals surface area (Å²) in [6.07, 6.45) is 0.614. The topological polar surface area (TPSA) is 43.1 Å². The van der Waals surface area contributed by atoms with Crippen LogP contribution in [0, 0.1) is 0 Å². The van der Waals surface area contributed by atoms with Crippen LogP contribution >= 0.6 is 15.9 Å². The lowest BCUT2D eigenvalue weighted by Crippen LogP contribution is -2.37. The highest BCUT2D eigenvalue weighted by Crippen LogP contribution is 2.22. The van der Waals surface area contributed by atoms with Gasteiger partial charge in [-0.2, -0.15) is 0 Å². The van der Waals surface area contributed by atoms with Gasteiger partial charge in [-0.25, -0.2) is 0 Å². The molecule has 0 heterocycles. The molecule has 0 fully saturated rings. The molecular weight excluding hydrogens is 230 g/mol. The number of carbonyl (C=O) groups is 1. The number of carbonyl (C=O) groups excluding carboxylic acids is 1. The number of nitrogens with two attached hydrogens (primary N) is 1. The van der Waals surface area contributed by atoms with Crippen molar-refractivity contribution in [2.45, 2.75) is 17.7 Å². The number of primary amides is 1. The maximum atomic E-state index is 11.0. The van der Waals surface area contributed by atoms with Crippen LogP contribution in [0.5, 0.6) is 0 Å². The molecule has 2 N–H and O–H groups in total. The van der Waals surface area contributed by atoms with E-state index in [0.29, 0.717) is 6.42 Å². The first-order valence-corrected chi connectivity index (χ1v) is 4.84.